The van der Waals surface area contributed by atoms with Gasteiger partial charge in [-0.1, -0.05) is 121 Å². The number of ether oxygens (including phenoxy) is 1. The summed E-state index contributed by atoms with van der Waals surface area (Å²) in [5.74, 6) is -1.21. The lowest BCUT2D eigenvalue weighted by Crippen LogP contribution is -2.40. The third-order valence-corrected chi connectivity index (χ3v) is 7.95. The summed E-state index contributed by atoms with van der Waals surface area (Å²) >= 11 is 6.79. The van der Waals surface area contributed by atoms with E-state index in [9.17, 15) is 9.59 Å². The summed E-state index contributed by atoms with van der Waals surface area (Å²) in [5.41, 5.74) is 7.88. The molecular weight excluding hydrogens is 520 g/mol. The molecule has 6 heteroatoms. The first-order valence-electron chi connectivity index (χ1n) is 13.5. The van der Waals surface area contributed by atoms with Gasteiger partial charge in [-0.15, -0.1) is 0 Å². The van der Waals surface area contributed by atoms with E-state index in [0.717, 1.165) is 23.1 Å². The van der Waals surface area contributed by atoms with Crippen LogP contribution < -0.4 is 5.73 Å². The number of esters is 1. The Morgan fingerprint density at radius 1 is 0.875 bits per heavy atom. The molecule has 0 saturated heterocycles. The summed E-state index contributed by atoms with van der Waals surface area (Å²) in [4.78, 5) is 29.4. The average molecular weight is 553 g/mol. The van der Waals surface area contributed by atoms with Gasteiger partial charge in [0.25, 0.3) is 0 Å². The zero-order valence-corrected chi connectivity index (χ0v) is 23.2. The maximum Gasteiger partial charge on any atom is 0.308 e. The van der Waals surface area contributed by atoms with E-state index in [2.05, 4.69) is 0 Å². The predicted octanol–water partition coefficient (Wildman–Crippen LogP) is 5.98. The molecule has 0 radical (unpaired) electrons. The van der Waals surface area contributed by atoms with E-state index in [1.807, 2.05) is 109 Å². The third kappa shape index (κ3) is 5.81. The average Bonchev–Trinajstić information content (AvgIpc) is 3.73. The molecule has 1 aliphatic carbocycles. The lowest BCUT2D eigenvalue weighted by atomic mass is 9.80. The Morgan fingerprint density at radius 3 is 1.90 bits per heavy atom. The van der Waals surface area contributed by atoms with Crippen molar-refractivity contribution in [3.63, 3.8) is 0 Å². The van der Waals surface area contributed by atoms with E-state index in [4.69, 9.17) is 22.1 Å². The van der Waals surface area contributed by atoms with Crippen LogP contribution in [0.1, 0.15) is 35.1 Å². The van der Waals surface area contributed by atoms with E-state index >= 15 is 0 Å². The number of carbonyl (C=O) groups is 2. The molecule has 0 unspecified atom stereocenters. The summed E-state index contributed by atoms with van der Waals surface area (Å²) in [6, 6.07) is 36.3. The van der Waals surface area contributed by atoms with Crippen LogP contribution in [0.4, 0.5) is 0 Å². The Bertz CT molecular complexity index is 1410. The van der Waals surface area contributed by atoms with Crippen LogP contribution in [0.25, 0.3) is 0 Å². The highest BCUT2D eigenvalue weighted by Gasteiger charge is 2.44. The minimum Gasteiger partial charge on any atom is -0.444 e. The second-order valence-electron chi connectivity index (χ2n) is 10.4. The smallest absolute Gasteiger partial charge is 0.308 e. The molecule has 0 heterocycles. The molecule has 5 rings (SSSR count). The Balaban J connectivity index is 1.54. The van der Waals surface area contributed by atoms with E-state index in [1.165, 1.54) is 0 Å². The summed E-state index contributed by atoms with van der Waals surface area (Å²) in [6.45, 7) is 0. The van der Waals surface area contributed by atoms with Crippen LogP contribution >= 0.6 is 11.6 Å². The van der Waals surface area contributed by atoms with Crippen molar-refractivity contribution in [2.75, 3.05) is 7.05 Å². The standard InChI is InChI=1S/C34H33ClN2O3/c1-37(31-23-30(31)36)33(39)25(21-24-13-5-2-6-14-24)22-32(38)40-34(26-15-7-3-8-16-26,27-17-9-4-10-18-27)28-19-11-12-20-29(28)35/h2-20,25,30-31H,21-23,36H2,1H3/t25-,30+,31-/m1/s1. The van der Waals surface area contributed by atoms with E-state index in [-0.39, 0.29) is 24.4 Å². The Labute approximate surface area is 240 Å². The normalized spacial score (nSPS) is 17.1. The van der Waals surface area contributed by atoms with Crippen molar-refractivity contribution in [1.29, 1.82) is 0 Å². The topological polar surface area (TPSA) is 72.6 Å². The largest absolute Gasteiger partial charge is 0.444 e. The fourth-order valence-electron chi connectivity index (χ4n) is 5.40. The molecule has 1 saturated carbocycles. The molecule has 0 aliphatic heterocycles. The zero-order valence-electron chi connectivity index (χ0n) is 22.5. The van der Waals surface area contributed by atoms with Crippen LogP contribution in [0, 0.1) is 5.92 Å². The maximum atomic E-state index is 14.0. The molecule has 204 valence electrons. The molecule has 4 aromatic carbocycles. The second-order valence-corrected chi connectivity index (χ2v) is 10.8. The van der Waals surface area contributed by atoms with E-state index < -0.39 is 17.5 Å². The van der Waals surface area contributed by atoms with Crippen molar-refractivity contribution in [3.8, 4) is 0 Å². The van der Waals surface area contributed by atoms with Crippen LogP contribution in [-0.2, 0) is 26.3 Å². The van der Waals surface area contributed by atoms with Crippen LogP contribution in [0.2, 0.25) is 5.02 Å². The Morgan fingerprint density at radius 2 is 1.38 bits per heavy atom. The van der Waals surface area contributed by atoms with Crippen LogP contribution in [0.3, 0.4) is 0 Å². The SMILES string of the molecule is CN(C(=O)[C@@H](CC(=O)OC(c1ccccc1)(c1ccccc1)c1ccccc1Cl)Cc1ccccc1)[C@@H]1C[C@@H]1N. The molecular formula is C34H33ClN2O3. The third-order valence-electron chi connectivity index (χ3n) is 7.62. The lowest BCUT2D eigenvalue weighted by Gasteiger charge is -2.36. The number of likely N-dealkylation sites (N-methyl/N-ethyl adjacent to an activating group) is 1. The molecule has 3 atom stereocenters. The Hall–Kier alpha value is -3.93. The molecule has 2 N–H and O–H groups in total. The number of hydrogen-bond acceptors (Lipinski definition) is 4. The molecule has 1 fully saturated rings. The van der Waals surface area contributed by atoms with Gasteiger partial charge in [0.15, 0.2) is 5.60 Å². The van der Waals surface area contributed by atoms with E-state index in [0.29, 0.717) is 17.0 Å². The summed E-state index contributed by atoms with van der Waals surface area (Å²) in [6.07, 6.45) is 1.09. The van der Waals surface area contributed by atoms with Crippen molar-refractivity contribution in [3.05, 3.63) is 143 Å². The lowest BCUT2D eigenvalue weighted by molar-refractivity contribution is -0.157. The van der Waals surface area contributed by atoms with Crippen LogP contribution in [-0.4, -0.2) is 35.9 Å². The summed E-state index contributed by atoms with van der Waals surface area (Å²) in [7, 11) is 1.77. The Kier molecular flexibility index (Phi) is 8.34. The number of halogens is 1. The second kappa shape index (κ2) is 12.1. The molecule has 0 bridgehead atoms. The number of hydrogen-bond donors (Lipinski definition) is 1. The monoisotopic (exact) mass is 552 g/mol. The van der Waals surface area contributed by atoms with Crippen molar-refractivity contribution in [2.24, 2.45) is 11.7 Å². The highest BCUT2D eigenvalue weighted by molar-refractivity contribution is 6.31. The first kappa shape index (κ1) is 27.6. The van der Waals surface area contributed by atoms with Gasteiger partial charge in [-0.25, -0.2) is 0 Å². The highest BCUT2D eigenvalue weighted by atomic mass is 35.5. The fraction of sp³-hybridized carbons (Fsp3) is 0.235. The quantitative estimate of drug-likeness (QED) is 0.194. The first-order valence-corrected chi connectivity index (χ1v) is 13.9. The van der Waals surface area contributed by atoms with Crippen LogP contribution in [0.15, 0.2) is 115 Å². The van der Waals surface area contributed by atoms with Gasteiger partial charge in [0, 0.05) is 40.8 Å². The minimum atomic E-state index is -1.32. The van der Waals surface area contributed by atoms with Crippen molar-refractivity contribution in [1.82, 2.24) is 4.90 Å². The van der Waals surface area contributed by atoms with Gasteiger partial charge < -0.3 is 15.4 Å². The summed E-state index contributed by atoms with van der Waals surface area (Å²) in [5, 5.41) is 0.474. The van der Waals surface area contributed by atoms with Crippen molar-refractivity contribution in [2.45, 2.75) is 36.9 Å². The number of benzene rings is 4. The van der Waals surface area contributed by atoms with Gasteiger partial charge in [0.1, 0.15) is 0 Å². The number of amides is 1. The van der Waals surface area contributed by atoms with E-state index in [1.54, 1.807) is 18.0 Å². The van der Waals surface area contributed by atoms with Gasteiger partial charge in [0.05, 0.1) is 12.3 Å². The van der Waals surface area contributed by atoms with Gasteiger partial charge >= 0.3 is 5.97 Å². The molecule has 1 aliphatic rings. The van der Waals surface area contributed by atoms with Gasteiger partial charge in [-0.05, 0) is 24.5 Å². The molecule has 0 spiro atoms. The zero-order chi connectivity index (χ0) is 28.1. The molecule has 40 heavy (non-hydrogen) atoms. The number of nitrogens with two attached hydrogens (primary N) is 1. The maximum absolute atomic E-state index is 14.0. The molecule has 0 aromatic heterocycles. The number of carbonyl (C=O) groups excluding carboxylic acids is 2. The minimum absolute atomic E-state index is 0.00218. The summed E-state index contributed by atoms with van der Waals surface area (Å²) < 4.78 is 6.55. The van der Waals surface area contributed by atoms with Gasteiger partial charge in [-0.2, -0.15) is 0 Å². The molecule has 1 amide bonds. The number of nitrogens with zero attached hydrogens (tertiary/aromatic N) is 1. The fourth-order valence-corrected chi connectivity index (χ4v) is 5.67. The molecule has 4 aromatic rings. The number of rotatable bonds is 10. The van der Waals surface area contributed by atoms with Crippen LogP contribution in [0.5, 0.6) is 0 Å². The molecule has 5 nitrogen and oxygen atoms in total. The van der Waals surface area contributed by atoms with Crippen molar-refractivity contribution < 1.29 is 14.3 Å². The van der Waals surface area contributed by atoms with Gasteiger partial charge in [-0.3, -0.25) is 9.59 Å². The first-order chi connectivity index (χ1) is 19.4. The van der Waals surface area contributed by atoms with Crippen molar-refractivity contribution >= 4 is 23.5 Å². The van der Waals surface area contributed by atoms with Gasteiger partial charge in [0.2, 0.25) is 5.91 Å². The predicted molar refractivity (Wildman–Crippen MR) is 158 cm³/mol. The highest BCUT2D eigenvalue weighted by Crippen LogP contribution is 2.44.